The van der Waals surface area contributed by atoms with Gasteiger partial charge in [0.25, 0.3) is 10.1 Å². The zero-order chi connectivity index (χ0) is 12.1. The molecule has 2 aliphatic carbocycles. The van der Waals surface area contributed by atoms with Gasteiger partial charge in [0.1, 0.15) is 4.91 Å². The third-order valence-corrected chi connectivity index (χ3v) is 5.49. The van der Waals surface area contributed by atoms with Crippen molar-refractivity contribution in [1.82, 2.24) is 0 Å². The van der Waals surface area contributed by atoms with E-state index in [1.807, 2.05) is 12.2 Å². The van der Waals surface area contributed by atoms with Crippen LogP contribution in [0.2, 0.25) is 13.1 Å². The molecule has 0 saturated heterocycles. The highest BCUT2D eigenvalue weighted by molar-refractivity contribution is 7.90. The third-order valence-electron chi connectivity index (χ3n) is 2.80. The summed E-state index contributed by atoms with van der Waals surface area (Å²) in [6.07, 6.45) is 5.50. The smallest absolute Gasteiger partial charge is 0.282 e. The molecule has 0 aromatic carbocycles. The van der Waals surface area contributed by atoms with Crippen LogP contribution in [0.3, 0.4) is 0 Å². The van der Waals surface area contributed by atoms with Crippen molar-refractivity contribution < 1.29 is 13.0 Å². The third kappa shape index (κ3) is 1.55. The van der Waals surface area contributed by atoms with Crippen molar-refractivity contribution in [3.63, 3.8) is 0 Å². The summed E-state index contributed by atoms with van der Waals surface area (Å²) >= 11 is 0. The average molecular weight is 253 g/mol. The number of allylic oxidation sites excluding steroid dienone is 7. The molecule has 5 heteroatoms. The lowest BCUT2D eigenvalue weighted by Gasteiger charge is -2.09. The summed E-state index contributed by atoms with van der Waals surface area (Å²) in [6, 6.07) is 0. The van der Waals surface area contributed by atoms with E-state index in [2.05, 4.69) is 13.1 Å². The van der Waals surface area contributed by atoms with E-state index in [1.54, 1.807) is 13.0 Å². The molecule has 1 N–H and O–H groups in total. The molecule has 2 rings (SSSR count). The highest BCUT2D eigenvalue weighted by Gasteiger charge is 2.34. The van der Waals surface area contributed by atoms with Gasteiger partial charge in [0.15, 0.2) is 0 Å². The average Bonchev–Trinajstić information content (AvgIpc) is 2.58. The molecule has 0 aromatic rings. The number of hydrogen-bond donors (Lipinski definition) is 1. The van der Waals surface area contributed by atoms with Crippen LogP contribution >= 0.6 is 0 Å². The van der Waals surface area contributed by atoms with Crippen molar-refractivity contribution in [2.24, 2.45) is 0 Å². The molecule has 0 spiro atoms. The Hall–Kier alpha value is -0.913. The molecule has 3 nitrogen and oxygen atoms in total. The van der Waals surface area contributed by atoms with E-state index in [0.717, 1.165) is 10.8 Å². The molecule has 2 aliphatic rings. The molecule has 0 saturated carbocycles. The molecule has 0 aliphatic heterocycles. The minimum absolute atomic E-state index is 0.0914. The maximum atomic E-state index is 11.4. The largest absolute Gasteiger partial charge is 0.295 e. The molecule has 0 atom stereocenters. The Morgan fingerprint density at radius 1 is 1.31 bits per heavy atom. The van der Waals surface area contributed by atoms with Crippen LogP contribution in [0, 0.1) is 0 Å². The standard InChI is InChI=1S/C11H13O3SSi/c1-7-10(15(12,13)14)8-5-4-6-9(8)11(7)16(2)3/h4-6H,1-3H3,(H,12,13,14). The Morgan fingerprint density at radius 2 is 1.94 bits per heavy atom. The molecule has 0 unspecified atom stereocenters. The summed E-state index contributed by atoms with van der Waals surface area (Å²) in [4.78, 5) is 0.0914. The van der Waals surface area contributed by atoms with E-state index < -0.39 is 18.9 Å². The zero-order valence-corrected chi connectivity index (χ0v) is 11.2. The minimum atomic E-state index is -4.13. The second-order valence-electron chi connectivity index (χ2n) is 4.16. The van der Waals surface area contributed by atoms with E-state index in [4.69, 9.17) is 0 Å². The molecule has 0 fully saturated rings. The van der Waals surface area contributed by atoms with Gasteiger partial charge in [-0.1, -0.05) is 36.5 Å². The molecular formula is C11H13O3SSi. The first kappa shape index (κ1) is 11.6. The Kier molecular flexibility index (Phi) is 2.56. The second-order valence-corrected chi connectivity index (χ2v) is 8.02. The van der Waals surface area contributed by atoms with Gasteiger partial charge in [0, 0.05) is 5.57 Å². The monoisotopic (exact) mass is 253 g/mol. The summed E-state index contributed by atoms with van der Waals surface area (Å²) in [5, 5.41) is 1.11. The van der Waals surface area contributed by atoms with Gasteiger partial charge in [-0.2, -0.15) is 8.42 Å². The quantitative estimate of drug-likeness (QED) is 0.606. The van der Waals surface area contributed by atoms with Gasteiger partial charge in [0.05, 0.1) is 8.80 Å². The highest BCUT2D eigenvalue weighted by Crippen LogP contribution is 2.43. The Bertz CT molecular complexity index is 574. The Balaban J connectivity index is 2.72. The highest BCUT2D eigenvalue weighted by atomic mass is 32.2. The van der Waals surface area contributed by atoms with Gasteiger partial charge in [-0.15, -0.1) is 0 Å². The van der Waals surface area contributed by atoms with Gasteiger partial charge in [-0.05, 0) is 18.1 Å². The molecule has 0 bridgehead atoms. The number of fused-ring (bicyclic) bond motifs is 1. The van der Waals surface area contributed by atoms with E-state index in [1.165, 1.54) is 0 Å². The molecular weight excluding hydrogens is 240 g/mol. The normalized spacial score (nSPS) is 19.9. The SMILES string of the molecule is CC1=C([Si](C)C)C2=CC=CC2=C1S(=O)(=O)O. The van der Waals surface area contributed by atoms with E-state index in [0.29, 0.717) is 11.1 Å². The first-order valence-electron chi connectivity index (χ1n) is 4.96. The lowest BCUT2D eigenvalue weighted by molar-refractivity contribution is 0.491. The fraction of sp³-hybridized carbons (Fsp3) is 0.273. The van der Waals surface area contributed by atoms with Gasteiger partial charge in [0.2, 0.25) is 0 Å². The fourth-order valence-corrected chi connectivity index (χ4v) is 5.00. The second kappa shape index (κ2) is 3.55. The van der Waals surface area contributed by atoms with Crippen LogP contribution in [-0.2, 0) is 10.1 Å². The van der Waals surface area contributed by atoms with Crippen LogP contribution in [0.25, 0.3) is 0 Å². The van der Waals surface area contributed by atoms with Crippen molar-refractivity contribution in [1.29, 1.82) is 0 Å². The Morgan fingerprint density at radius 3 is 2.44 bits per heavy atom. The first-order chi connectivity index (χ1) is 7.34. The van der Waals surface area contributed by atoms with Gasteiger partial charge >= 0.3 is 0 Å². The summed E-state index contributed by atoms with van der Waals surface area (Å²) in [6.45, 7) is 6.01. The molecule has 16 heavy (non-hydrogen) atoms. The first-order valence-corrected chi connectivity index (χ1v) is 8.90. The van der Waals surface area contributed by atoms with E-state index in [-0.39, 0.29) is 4.91 Å². The molecule has 0 heterocycles. The van der Waals surface area contributed by atoms with Crippen LogP contribution in [0.15, 0.2) is 45.0 Å². The maximum absolute atomic E-state index is 11.4. The summed E-state index contributed by atoms with van der Waals surface area (Å²) < 4.78 is 32.0. The lowest BCUT2D eigenvalue weighted by atomic mass is 10.2. The van der Waals surface area contributed by atoms with E-state index in [9.17, 15) is 13.0 Å². The number of hydrogen-bond acceptors (Lipinski definition) is 2. The molecule has 85 valence electrons. The van der Waals surface area contributed by atoms with Crippen molar-refractivity contribution >= 4 is 18.9 Å². The molecule has 1 radical (unpaired) electrons. The molecule has 0 aromatic heterocycles. The maximum Gasteiger partial charge on any atom is 0.295 e. The lowest BCUT2D eigenvalue weighted by Crippen LogP contribution is -2.08. The predicted octanol–water partition coefficient (Wildman–Crippen LogP) is 2.25. The van der Waals surface area contributed by atoms with Crippen LogP contribution in [-0.4, -0.2) is 21.8 Å². The molecule has 0 amide bonds. The summed E-state index contributed by atoms with van der Waals surface area (Å²) in [5.74, 6) is 0. The number of rotatable bonds is 2. The van der Waals surface area contributed by atoms with Crippen LogP contribution in [0.5, 0.6) is 0 Å². The van der Waals surface area contributed by atoms with Crippen molar-refractivity contribution in [2.45, 2.75) is 20.0 Å². The zero-order valence-electron chi connectivity index (χ0n) is 9.40. The van der Waals surface area contributed by atoms with Crippen LogP contribution in [0.1, 0.15) is 6.92 Å². The Labute approximate surface area is 97.2 Å². The van der Waals surface area contributed by atoms with Crippen LogP contribution < -0.4 is 0 Å². The van der Waals surface area contributed by atoms with E-state index >= 15 is 0 Å². The van der Waals surface area contributed by atoms with Gasteiger partial charge < -0.3 is 0 Å². The van der Waals surface area contributed by atoms with Crippen molar-refractivity contribution in [3.05, 3.63) is 45.0 Å². The summed E-state index contributed by atoms with van der Waals surface area (Å²) in [7, 11) is -4.88. The van der Waals surface area contributed by atoms with Crippen molar-refractivity contribution in [2.75, 3.05) is 0 Å². The topological polar surface area (TPSA) is 54.4 Å². The predicted molar refractivity (Wildman–Crippen MR) is 66.0 cm³/mol. The minimum Gasteiger partial charge on any atom is -0.282 e. The van der Waals surface area contributed by atoms with Gasteiger partial charge in [-0.25, -0.2) is 0 Å². The van der Waals surface area contributed by atoms with Gasteiger partial charge in [-0.3, -0.25) is 4.55 Å². The fourth-order valence-electron chi connectivity index (χ4n) is 2.33. The van der Waals surface area contributed by atoms with Crippen molar-refractivity contribution in [3.8, 4) is 0 Å². The summed E-state index contributed by atoms with van der Waals surface area (Å²) in [5.41, 5.74) is 2.34. The van der Waals surface area contributed by atoms with Crippen LogP contribution in [0.4, 0.5) is 0 Å².